The fourth-order valence-electron chi connectivity index (χ4n) is 3.97. The van der Waals surface area contributed by atoms with E-state index in [9.17, 15) is 24.3 Å². The monoisotopic (exact) mass is 498 g/mol. The van der Waals surface area contributed by atoms with Crippen LogP contribution in [0, 0.1) is 0 Å². The molecule has 0 spiro atoms. The Morgan fingerprint density at radius 1 is 0.919 bits per heavy atom. The number of likely N-dealkylation sites (N-methyl/N-ethyl adjacent to an activating group) is 1. The van der Waals surface area contributed by atoms with Crippen molar-refractivity contribution in [2.24, 2.45) is 0 Å². The maximum Gasteiger partial charge on any atom is 0.335 e. The van der Waals surface area contributed by atoms with Crippen LogP contribution in [0.2, 0.25) is 0 Å². The molecule has 0 bridgehead atoms. The first-order chi connectivity index (χ1) is 17.7. The van der Waals surface area contributed by atoms with Gasteiger partial charge in [-0.05, 0) is 42.0 Å². The molecule has 3 N–H and O–H groups in total. The topological polar surface area (TPSA) is 119 Å². The van der Waals surface area contributed by atoms with E-state index in [1.807, 2.05) is 30.3 Å². The molecule has 0 aliphatic carbocycles. The lowest BCUT2D eigenvalue weighted by molar-refractivity contribution is -0.129. The van der Waals surface area contributed by atoms with Gasteiger partial charge in [-0.2, -0.15) is 0 Å². The molecular weight excluding hydrogens is 472 g/mol. The normalized spacial score (nSPS) is 13.3. The number of benzene rings is 3. The van der Waals surface area contributed by atoms with E-state index in [2.05, 4.69) is 10.6 Å². The third-order valence-corrected chi connectivity index (χ3v) is 5.94. The van der Waals surface area contributed by atoms with Gasteiger partial charge in [0.25, 0.3) is 5.91 Å². The quantitative estimate of drug-likeness (QED) is 0.427. The van der Waals surface area contributed by atoms with Crippen LogP contribution in [0.25, 0.3) is 11.3 Å². The standard InChI is InChI=1S/C28H26N4O5/c1-17(33)32(16-24(34)31(2)3)21-12-10-20(11-13-21)29-26(18-7-5-4-6-8-18)25-22-14-9-19(28(36)37)15-23(22)30-27(25)35/h4-15,29H,16H2,1-3H3,(H,30,35)(H,36,37). The van der Waals surface area contributed by atoms with E-state index in [1.54, 1.807) is 44.4 Å². The maximum absolute atomic E-state index is 13.1. The number of hydrogen-bond donors (Lipinski definition) is 3. The Labute approximate surface area is 214 Å². The van der Waals surface area contributed by atoms with Crippen LogP contribution in [-0.4, -0.2) is 54.3 Å². The number of aromatic carboxylic acids is 1. The Kier molecular flexibility index (Phi) is 7.06. The number of carboxylic acids is 1. The van der Waals surface area contributed by atoms with Gasteiger partial charge >= 0.3 is 5.97 Å². The number of anilines is 3. The molecule has 0 aromatic heterocycles. The van der Waals surface area contributed by atoms with E-state index < -0.39 is 5.97 Å². The van der Waals surface area contributed by atoms with Gasteiger partial charge in [-0.15, -0.1) is 0 Å². The third kappa shape index (κ3) is 5.35. The summed E-state index contributed by atoms with van der Waals surface area (Å²) in [5.74, 6) is -1.90. The van der Waals surface area contributed by atoms with E-state index in [0.717, 1.165) is 5.56 Å². The molecule has 0 radical (unpaired) electrons. The minimum Gasteiger partial charge on any atom is -0.478 e. The summed E-state index contributed by atoms with van der Waals surface area (Å²) >= 11 is 0. The van der Waals surface area contributed by atoms with Crippen molar-refractivity contribution < 1.29 is 24.3 Å². The van der Waals surface area contributed by atoms with Crippen molar-refractivity contribution in [3.05, 3.63) is 89.5 Å². The number of nitrogens with one attached hydrogen (secondary N) is 2. The SMILES string of the molecule is CC(=O)N(CC(=O)N(C)C)c1ccc(NC(=C2C(=O)Nc3cc(C(=O)O)ccc32)c2ccccc2)cc1. The highest BCUT2D eigenvalue weighted by atomic mass is 16.4. The van der Waals surface area contributed by atoms with Gasteiger partial charge in [0, 0.05) is 38.0 Å². The molecule has 9 nitrogen and oxygen atoms in total. The van der Waals surface area contributed by atoms with Gasteiger partial charge in [-0.25, -0.2) is 4.79 Å². The van der Waals surface area contributed by atoms with Gasteiger partial charge < -0.3 is 25.5 Å². The summed E-state index contributed by atoms with van der Waals surface area (Å²) in [5.41, 5.74) is 3.98. The Bertz CT molecular complexity index is 1410. The summed E-state index contributed by atoms with van der Waals surface area (Å²) in [6.45, 7) is 1.32. The van der Waals surface area contributed by atoms with Crippen molar-refractivity contribution in [3.63, 3.8) is 0 Å². The van der Waals surface area contributed by atoms with E-state index in [-0.39, 0.29) is 29.8 Å². The van der Waals surface area contributed by atoms with Crippen LogP contribution in [0.4, 0.5) is 17.1 Å². The molecule has 3 aromatic carbocycles. The molecule has 3 aromatic rings. The average Bonchev–Trinajstić information content (AvgIpc) is 3.21. The predicted octanol–water partition coefficient (Wildman–Crippen LogP) is 3.76. The molecule has 0 unspecified atom stereocenters. The minimum atomic E-state index is -1.08. The van der Waals surface area contributed by atoms with Crippen LogP contribution in [-0.2, 0) is 14.4 Å². The lowest BCUT2D eigenvalue weighted by Crippen LogP contribution is -2.39. The fourth-order valence-corrected chi connectivity index (χ4v) is 3.97. The summed E-state index contributed by atoms with van der Waals surface area (Å²) < 4.78 is 0. The zero-order valence-corrected chi connectivity index (χ0v) is 20.6. The zero-order valence-electron chi connectivity index (χ0n) is 20.6. The van der Waals surface area contributed by atoms with Crippen molar-refractivity contribution in [3.8, 4) is 0 Å². The number of rotatable bonds is 7. The lowest BCUT2D eigenvalue weighted by Gasteiger charge is -2.23. The zero-order chi connectivity index (χ0) is 26.7. The van der Waals surface area contributed by atoms with Crippen molar-refractivity contribution in [2.45, 2.75) is 6.92 Å². The number of amides is 3. The lowest BCUT2D eigenvalue weighted by atomic mass is 9.99. The first-order valence-electron chi connectivity index (χ1n) is 11.5. The summed E-state index contributed by atoms with van der Waals surface area (Å²) in [7, 11) is 3.26. The fraction of sp³-hybridized carbons (Fsp3) is 0.143. The largest absolute Gasteiger partial charge is 0.478 e. The summed E-state index contributed by atoms with van der Waals surface area (Å²) in [6.07, 6.45) is 0. The van der Waals surface area contributed by atoms with Crippen LogP contribution in [0.5, 0.6) is 0 Å². The first-order valence-corrected chi connectivity index (χ1v) is 11.5. The number of carbonyl (C=O) groups excluding carboxylic acids is 3. The van der Waals surface area contributed by atoms with Crippen LogP contribution >= 0.6 is 0 Å². The van der Waals surface area contributed by atoms with Gasteiger partial charge in [-0.3, -0.25) is 14.4 Å². The van der Waals surface area contributed by atoms with E-state index in [4.69, 9.17) is 0 Å². The molecule has 4 rings (SSSR count). The molecule has 1 heterocycles. The van der Waals surface area contributed by atoms with E-state index >= 15 is 0 Å². The molecule has 1 aliphatic heterocycles. The molecule has 0 saturated carbocycles. The van der Waals surface area contributed by atoms with E-state index in [0.29, 0.717) is 33.9 Å². The van der Waals surface area contributed by atoms with Gasteiger partial charge in [0.15, 0.2) is 0 Å². The van der Waals surface area contributed by atoms with Crippen LogP contribution in [0.3, 0.4) is 0 Å². The Morgan fingerprint density at radius 2 is 1.59 bits per heavy atom. The highest BCUT2D eigenvalue weighted by Gasteiger charge is 2.29. The smallest absolute Gasteiger partial charge is 0.335 e. The van der Waals surface area contributed by atoms with Gasteiger partial charge in [0.2, 0.25) is 11.8 Å². The van der Waals surface area contributed by atoms with Crippen molar-refractivity contribution in [1.82, 2.24) is 4.90 Å². The molecule has 1 aliphatic rings. The summed E-state index contributed by atoms with van der Waals surface area (Å²) in [4.78, 5) is 51.6. The van der Waals surface area contributed by atoms with Gasteiger partial charge in [-0.1, -0.05) is 36.4 Å². The average molecular weight is 499 g/mol. The number of hydrogen-bond acceptors (Lipinski definition) is 5. The molecule has 0 saturated heterocycles. The molecule has 0 atom stereocenters. The highest BCUT2D eigenvalue weighted by Crippen LogP contribution is 2.38. The van der Waals surface area contributed by atoms with Crippen molar-refractivity contribution in [2.75, 3.05) is 36.2 Å². The van der Waals surface area contributed by atoms with Crippen molar-refractivity contribution in [1.29, 1.82) is 0 Å². The summed E-state index contributed by atoms with van der Waals surface area (Å²) in [6, 6.07) is 20.8. The number of nitrogens with zero attached hydrogens (tertiary/aromatic N) is 2. The highest BCUT2D eigenvalue weighted by molar-refractivity contribution is 6.37. The first kappa shape index (κ1) is 25.2. The number of fused-ring (bicyclic) bond motifs is 1. The molecule has 37 heavy (non-hydrogen) atoms. The Hall–Kier alpha value is -4.92. The summed E-state index contributed by atoms with van der Waals surface area (Å²) in [5, 5.41) is 15.4. The van der Waals surface area contributed by atoms with Crippen molar-refractivity contribution >= 4 is 52.0 Å². The molecular formula is C28H26N4O5. The number of carboxylic acid groups (broad SMARTS) is 1. The molecule has 3 amide bonds. The molecule has 9 heteroatoms. The molecule has 0 fully saturated rings. The Morgan fingerprint density at radius 3 is 2.19 bits per heavy atom. The predicted molar refractivity (Wildman–Crippen MR) is 142 cm³/mol. The second-order valence-electron chi connectivity index (χ2n) is 8.70. The van der Waals surface area contributed by atoms with Gasteiger partial charge in [0.1, 0.15) is 6.54 Å². The van der Waals surface area contributed by atoms with Gasteiger partial charge in [0.05, 0.1) is 22.5 Å². The van der Waals surface area contributed by atoms with Crippen LogP contribution in [0.15, 0.2) is 72.8 Å². The Balaban J connectivity index is 1.72. The molecule has 188 valence electrons. The second-order valence-corrected chi connectivity index (χ2v) is 8.70. The van der Waals surface area contributed by atoms with Crippen LogP contribution in [0.1, 0.15) is 28.4 Å². The third-order valence-electron chi connectivity index (χ3n) is 5.94. The second kappa shape index (κ2) is 10.4. The number of carbonyl (C=O) groups is 4. The van der Waals surface area contributed by atoms with Crippen LogP contribution < -0.4 is 15.5 Å². The maximum atomic E-state index is 13.1. The minimum absolute atomic E-state index is 0.0767. The van der Waals surface area contributed by atoms with E-state index in [1.165, 1.54) is 28.9 Å².